The van der Waals surface area contributed by atoms with Crippen LogP contribution in [0.15, 0.2) is 0 Å². The lowest BCUT2D eigenvalue weighted by Gasteiger charge is -2.12. The van der Waals surface area contributed by atoms with E-state index in [1.54, 1.807) is 0 Å². The summed E-state index contributed by atoms with van der Waals surface area (Å²) in [5.74, 6) is 1.08. The Kier molecular flexibility index (Phi) is 27.6. The molecule has 1 atom stereocenters. The van der Waals surface area contributed by atoms with Crippen LogP contribution in [0, 0.1) is 11.8 Å². The number of aliphatic hydroxyl groups is 1. The summed E-state index contributed by atoms with van der Waals surface area (Å²) in [6, 6.07) is 0. The van der Waals surface area contributed by atoms with Crippen LogP contribution in [0.25, 0.3) is 0 Å². The van der Waals surface area contributed by atoms with Gasteiger partial charge in [0, 0.05) is 12.8 Å². The van der Waals surface area contributed by atoms with Gasteiger partial charge < -0.3 is 14.6 Å². The largest absolute Gasteiger partial charge is 0.463 e. The third kappa shape index (κ3) is 31.3. The van der Waals surface area contributed by atoms with Gasteiger partial charge in [-0.25, -0.2) is 0 Å². The van der Waals surface area contributed by atoms with Gasteiger partial charge in [-0.05, 0) is 24.7 Å². The molecule has 0 amide bonds. The summed E-state index contributed by atoms with van der Waals surface area (Å²) in [4.78, 5) is 23.7. The Morgan fingerprint density at radius 3 is 1.00 bits per heavy atom. The first-order chi connectivity index (χ1) is 18.8. The van der Waals surface area contributed by atoms with Gasteiger partial charge in [-0.2, -0.15) is 0 Å². The highest BCUT2D eigenvalue weighted by Crippen LogP contribution is 2.15. The van der Waals surface area contributed by atoms with Crippen molar-refractivity contribution >= 4 is 11.9 Å². The number of carbonyl (C=O) groups is 2. The third-order valence-corrected chi connectivity index (χ3v) is 7.45. The molecule has 1 N–H and O–H groups in total. The lowest BCUT2D eigenvalue weighted by molar-refractivity contribution is -0.152. The van der Waals surface area contributed by atoms with E-state index >= 15 is 0 Å². The number of rotatable bonds is 29. The van der Waals surface area contributed by atoms with Gasteiger partial charge in [-0.3, -0.25) is 9.59 Å². The Labute approximate surface area is 242 Å². The van der Waals surface area contributed by atoms with E-state index in [0.717, 1.165) is 43.9 Å². The second-order valence-electron chi connectivity index (χ2n) is 12.6. The predicted octanol–water partition coefficient (Wildman–Crippen LogP) is 9.72. The molecule has 0 aromatic heterocycles. The normalized spacial score (nSPS) is 12.3. The highest BCUT2D eigenvalue weighted by atomic mass is 16.6. The van der Waals surface area contributed by atoms with Crippen LogP contribution < -0.4 is 0 Å². The zero-order valence-corrected chi connectivity index (χ0v) is 26.5. The molecule has 0 unspecified atom stereocenters. The number of esters is 2. The van der Waals surface area contributed by atoms with Crippen LogP contribution in [0.4, 0.5) is 0 Å². The van der Waals surface area contributed by atoms with Crippen LogP contribution in [-0.2, 0) is 19.1 Å². The van der Waals surface area contributed by atoms with Gasteiger partial charge in [0.05, 0.1) is 0 Å². The standard InChI is InChI=1S/C34H66O5/c1-30(2)24-20-16-12-9-7-5-6-8-10-14-18-22-26-33(36)38-28-32(35)29-39-34(37)27-23-19-15-11-13-17-21-25-31(3)4/h30-32,35H,5-29H2,1-4H3/t32-/m0/s1. The van der Waals surface area contributed by atoms with Gasteiger partial charge in [-0.1, -0.05) is 150 Å². The number of hydrogen-bond acceptors (Lipinski definition) is 5. The number of unbranched alkanes of at least 4 members (excludes halogenated alkanes) is 17. The summed E-state index contributed by atoms with van der Waals surface area (Å²) in [5.41, 5.74) is 0. The minimum Gasteiger partial charge on any atom is -0.463 e. The molecular formula is C34H66O5. The SMILES string of the molecule is CC(C)CCCCCCCCCCCCCCC(=O)OC[C@H](O)COC(=O)CCCCCCCCCC(C)C. The van der Waals surface area contributed by atoms with Crippen molar-refractivity contribution in [2.45, 2.75) is 181 Å². The summed E-state index contributed by atoms with van der Waals surface area (Å²) in [7, 11) is 0. The Morgan fingerprint density at radius 2 is 0.718 bits per heavy atom. The second kappa shape index (κ2) is 28.4. The first kappa shape index (κ1) is 37.9. The molecule has 5 heteroatoms. The van der Waals surface area contributed by atoms with Gasteiger partial charge in [-0.15, -0.1) is 0 Å². The summed E-state index contributed by atoms with van der Waals surface area (Å²) < 4.78 is 10.3. The van der Waals surface area contributed by atoms with E-state index in [0.29, 0.717) is 12.8 Å². The maximum absolute atomic E-state index is 11.9. The molecule has 0 saturated heterocycles. The molecule has 39 heavy (non-hydrogen) atoms. The number of aliphatic hydroxyl groups excluding tert-OH is 1. The first-order valence-electron chi connectivity index (χ1n) is 16.8. The fraction of sp³-hybridized carbons (Fsp3) is 0.941. The maximum atomic E-state index is 11.9. The van der Waals surface area contributed by atoms with E-state index in [1.165, 1.54) is 103 Å². The van der Waals surface area contributed by atoms with Gasteiger partial charge >= 0.3 is 11.9 Å². The van der Waals surface area contributed by atoms with Crippen molar-refractivity contribution in [1.82, 2.24) is 0 Å². The molecule has 0 aromatic carbocycles. The fourth-order valence-electron chi connectivity index (χ4n) is 4.87. The first-order valence-corrected chi connectivity index (χ1v) is 16.8. The minimum absolute atomic E-state index is 0.110. The molecule has 5 nitrogen and oxygen atoms in total. The van der Waals surface area contributed by atoms with E-state index < -0.39 is 6.10 Å². The van der Waals surface area contributed by atoms with Crippen molar-refractivity contribution in [3.05, 3.63) is 0 Å². The molecule has 0 bridgehead atoms. The molecule has 0 aliphatic carbocycles. The van der Waals surface area contributed by atoms with Crippen LogP contribution in [-0.4, -0.2) is 36.4 Å². The minimum atomic E-state index is -0.955. The van der Waals surface area contributed by atoms with Crippen molar-refractivity contribution < 1.29 is 24.2 Å². The van der Waals surface area contributed by atoms with Gasteiger partial charge in [0.2, 0.25) is 0 Å². The van der Waals surface area contributed by atoms with Crippen LogP contribution in [0.1, 0.15) is 175 Å². The van der Waals surface area contributed by atoms with Gasteiger partial charge in [0.1, 0.15) is 19.3 Å². The van der Waals surface area contributed by atoms with Crippen LogP contribution >= 0.6 is 0 Å². The monoisotopic (exact) mass is 554 g/mol. The quantitative estimate of drug-likeness (QED) is 0.0736. The van der Waals surface area contributed by atoms with E-state index in [4.69, 9.17) is 9.47 Å². The summed E-state index contributed by atoms with van der Waals surface area (Å²) >= 11 is 0. The fourth-order valence-corrected chi connectivity index (χ4v) is 4.87. The topological polar surface area (TPSA) is 72.8 Å². The third-order valence-electron chi connectivity index (χ3n) is 7.45. The van der Waals surface area contributed by atoms with E-state index in [-0.39, 0.29) is 25.2 Å². The number of hydrogen-bond donors (Lipinski definition) is 1. The molecule has 0 fully saturated rings. The maximum Gasteiger partial charge on any atom is 0.305 e. The predicted molar refractivity (Wildman–Crippen MR) is 164 cm³/mol. The molecule has 0 spiro atoms. The van der Waals surface area contributed by atoms with Crippen molar-refractivity contribution in [2.24, 2.45) is 11.8 Å². The average molecular weight is 555 g/mol. The zero-order chi connectivity index (χ0) is 29.0. The zero-order valence-electron chi connectivity index (χ0n) is 26.5. The summed E-state index contributed by atoms with van der Waals surface area (Å²) in [6.45, 7) is 8.93. The molecule has 0 saturated carbocycles. The Bertz CT molecular complexity index is 546. The Morgan fingerprint density at radius 1 is 0.462 bits per heavy atom. The van der Waals surface area contributed by atoms with Crippen LogP contribution in [0.3, 0.4) is 0 Å². The molecule has 0 radical (unpaired) electrons. The number of ether oxygens (including phenoxy) is 2. The summed E-state index contributed by atoms with van der Waals surface area (Å²) in [6.07, 6.45) is 25.9. The van der Waals surface area contributed by atoms with Crippen LogP contribution in [0.2, 0.25) is 0 Å². The molecule has 232 valence electrons. The molecule has 0 aliphatic rings. The highest BCUT2D eigenvalue weighted by molar-refractivity contribution is 5.69. The number of carbonyl (C=O) groups excluding carboxylic acids is 2. The van der Waals surface area contributed by atoms with Crippen LogP contribution in [0.5, 0.6) is 0 Å². The molecular weight excluding hydrogens is 488 g/mol. The average Bonchev–Trinajstić information content (AvgIpc) is 2.89. The lowest BCUT2D eigenvalue weighted by Crippen LogP contribution is -2.25. The van der Waals surface area contributed by atoms with E-state index in [2.05, 4.69) is 27.7 Å². The molecule has 0 heterocycles. The Balaban J connectivity index is 3.41. The van der Waals surface area contributed by atoms with E-state index in [9.17, 15) is 14.7 Å². The molecule has 0 aromatic rings. The van der Waals surface area contributed by atoms with Crippen molar-refractivity contribution in [2.75, 3.05) is 13.2 Å². The highest BCUT2D eigenvalue weighted by Gasteiger charge is 2.12. The van der Waals surface area contributed by atoms with Crippen molar-refractivity contribution in [3.8, 4) is 0 Å². The van der Waals surface area contributed by atoms with E-state index in [1.807, 2.05) is 0 Å². The summed E-state index contributed by atoms with van der Waals surface area (Å²) in [5, 5.41) is 9.94. The van der Waals surface area contributed by atoms with Gasteiger partial charge in [0.15, 0.2) is 0 Å². The molecule has 0 rings (SSSR count). The smallest absolute Gasteiger partial charge is 0.305 e. The van der Waals surface area contributed by atoms with Gasteiger partial charge in [0.25, 0.3) is 0 Å². The lowest BCUT2D eigenvalue weighted by atomic mass is 10.0. The van der Waals surface area contributed by atoms with Crippen molar-refractivity contribution in [3.63, 3.8) is 0 Å². The second-order valence-corrected chi connectivity index (χ2v) is 12.6. The van der Waals surface area contributed by atoms with Crippen molar-refractivity contribution in [1.29, 1.82) is 0 Å². The Hall–Kier alpha value is -1.10. The molecule has 0 aliphatic heterocycles.